The second-order valence-electron chi connectivity index (χ2n) is 7.53. The number of nitrogens with zero attached hydrogens (tertiary/aromatic N) is 3. The van der Waals surface area contributed by atoms with E-state index in [1.165, 1.54) is 11.3 Å². The molecule has 0 radical (unpaired) electrons. The van der Waals surface area contributed by atoms with Gasteiger partial charge in [0.2, 0.25) is 5.91 Å². The van der Waals surface area contributed by atoms with Crippen molar-refractivity contribution in [2.75, 3.05) is 19.6 Å². The number of carbonyl (C=O) groups excluding carboxylic acids is 2. The summed E-state index contributed by atoms with van der Waals surface area (Å²) in [6.45, 7) is 8.79. The van der Waals surface area contributed by atoms with Crippen molar-refractivity contribution in [3.63, 3.8) is 0 Å². The molecule has 1 aliphatic heterocycles. The molecule has 0 saturated carbocycles. The number of rotatable bonds is 6. The summed E-state index contributed by atoms with van der Waals surface area (Å²) in [5, 5.41) is 9.47. The Labute approximate surface area is 164 Å². The maximum atomic E-state index is 12.6. The minimum absolute atomic E-state index is 0.0420. The second-order valence-corrected chi connectivity index (χ2v) is 8.47. The zero-order chi connectivity index (χ0) is 19.4. The Hall–Kier alpha value is -2.15. The fourth-order valence-electron chi connectivity index (χ4n) is 3.57. The molecule has 2 aromatic rings. The number of aryl methyl sites for hydroxylation is 2. The van der Waals surface area contributed by atoms with Crippen LogP contribution in [0.15, 0.2) is 23.6 Å². The molecule has 146 valence electrons. The molecule has 0 unspecified atom stereocenters. The summed E-state index contributed by atoms with van der Waals surface area (Å²) in [5.41, 5.74) is 2.15. The molecule has 27 heavy (non-hydrogen) atoms. The highest BCUT2D eigenvalue weighted by Gasteiger charge is 2.29. The fourth-order valence-corrected chi connectivity index (χ4v) is 4.26. The van der Waals surface area contributed by atoms with Gasteiger partial charge in [-0.2, -0.15) is 5.10 Å². The van der Waals surface area contributed by atoms with Gasteiger partial charge in [-0.25, -0.2) is 0 Å². The van der Waals surface area contributed by atoms with Crippen molar-refractivity contribution >= 4 is 23.2 Å². The van der Waals surface area contributed by atoms with E-state index < -0.39 is 0 Å². The van der Waals surface area contributed by atoms with E-state index in [-0.39, 0.29) is 17.7 Å². The molecule has 1 saturated heterocycles. The van der Waals surface area contributed by atoms with Crippen molar-refractivity contribution in [2.45, 2.75) is 40.2 Å². The summed E-state index contributed by atoms with van der Waals surface area (Å²) in [6, 6.07) is 5.79. The van der Waals surface area contributed by atoms with E-state index in [1.807, 2.05) is 40.9 Å². The average Bonchev–Trinajstić information content (AvgIpc) is 3.29. The van der Waals surface area contributed by atoms with Crippen molar-refractivity contribution in [3.05, 3.63) is 39.8 Å². The second kappa shape index (κ2) is 8.69. The van der Waals surface area contributed by atoms with Gasteiger partial charge in [0.15, 0.2) is 0 Å². The molecule has 0 aliphatic carbocycles. The maximum absolute atomic E-state index is 12.6. The molecule has 6 nitrogen and oxygen atoms in total. The van der Waals surface area contributed by atoms with Crippen LogP contribution in [-0.2, 0) is 11.3 Å². The SMILES string of the molecule is Cc1cc(C)n(C[C@H](C)CNC(=O)[C@@H]2CCCN(C(=O)c3cccs3)C2)n1. The predicted molar refractivity (Wildman–Crippen MR) is 107 cm³/mol. The first-order valence-corrected chi connectivity index (χ1v) is 10.4. The number of thiophene rings is 1. The zero-order valence-electron chi connectivity index (χ0n) is 16.3. The number of aromatic nitrogens is 2. The van der Waals surface area contributed by atoms with Gasteiger partial charge in [0.1, 0.15) is 0 Å². The molecule has 1 N–H and O–H groups in total. The Morgan fingerprint density at radius 1 is 1.41 bits per heavy atom. The van der Waals surface area contributed by atoms with Gasteiger partial charge in [0.25, 0.3) is 5.91 Å². The van der Waals surface area contributed by atoms with Crippen molar-refractivity contribution in [3.8, 4) is 0 Å². The van der Waals surface area contributed by atoms with Crippen LogP contribution >= 0.6 is 11.3 Å². The zero-order valence-corrected chi connectivity index (χ0v) is 17.1. The third kappa shape index (κ3) is 4.97. The van der Waals surface area contributed by atoms with Crippen molar-refractivity contribution in [2.24, 2.45) is 11.8 Å². The third-order valence-electron chi connectivity index (χ3n) is 5.02. The van der Waals surface area contributed by atoms with Crippen LogP contribution in [0.25, 0.3) is 0 Å². The monoisotopic (exact) mass is 388 g/mol. The highest BCUT2D eigenvalue weighted by atomic mass is 32.1. The Balaban J connectivity index is 1.48. The van der Waals surface area contributed by atoms with Crippen LogP contribution in [0.1, 0.15) is 40.8 Å². The molecule has 7 heteroatoms. The first-order valence-electron chi connectivity index (χ1n) is 9.55. The molecule has 2 atom stereocenters. The Morgan fingerprint density at radius 2 is 2.22 bits per heavy atom. The largest absolute Gasteiger partial charge is 0.355 e. The van der Waals surface area contributed by atoms with E-state index >= 15 is 0 Å². The van der Waals surface area contributed by atoms with E-state index in [2.05, 4.69) is 23.4 Å². The van der Waals surface area contributed by atoms with Gasteiger partial charge in [-0.05, 0) is 50.1 Å². The lowest BCUT2D eigenvalue weighted by Gasteiger charge is -2.32. The third-order valence-corrected chi connectivity index (χ3v) is 5.88. The first kappa shape index (κ1) is 19.6. The van der Waals surface area contributed by atoms with Gasteiger partial charge < -0.3 is 10.2 Å². The summed E-state index contributed by atoms with van der Waals surface area (Å²) in [5.74, 6) is 0.266. The van der Waals surface area contributed by atoms with Gasteiger partial charge in [-0.3, -0.25) is 14.3 Å². The Morgan fingerprint density at radius 3 is 2.89 bits per heavy atom. The summed E-state index contributed by atoms with van der Waals surface area (Å²) in [4.78, 5) is 27.7. The van der Waals surface area contributed by atoms with Crippen molar-refractivity contribution in [1.82, 2.24) is 20.0 Å². The smallest absolute Gasteiger partial charge is 0.263 e. The van der Waals surface area contributed by atoms with E-state index in [4.69, 9.17) is 0 Å². The quantitative estimate of drug-likeness (QED) is 0.827. The van der Waals surface area contributed by atoms with Crippen molar-refractivity contribution in [1.29, 1.82) is 0 Å². The number of amides is 2. The fraction of sp³-hybridized carbons (Fsp3) is 0.550. The molecule has 2 amide bonds. The minimum atomic E-state index is -0.122. The van der Waals surface area contributed by atoms with E-state index in [0.29, 0.717) is 19.0 Å². The molecule has 3 heterocycles. The van der Waals surface area contributed by atoms with Crippen LogP contribution in [-0.4, -0.2) is 46.1 Å². The van der Waals surface area contributed by atoms with Crippen molar-refractivity contribution < 1.29 is 9.59 Å². The van der Waals surface area contributed by atoms with Gasteiger partial charge in [0, 0.05) is 31.9 Å². The molecular formula is C20H28N4O2S. The van der Waals surface area contributed by atoms with E-state index in [9.17, 15) is 9.59 Å². The number of hydrogen-bond acceptors (Lipinski definition) is 4. The molecule has 2 aromatic heterocycles. The molecular weight excluding hydrogens is 360 g/mol. The van der Waals surface area contributed by atoms with E-state index in [0.717, 1.165) is 42.2 Å². The van der Waals surface area contributed by atoms with Crippen LogP contribution in [0.3, 0.4) is 0 Å². The topological polar surface area (TPSA) is 67.2 Å². The Kier molecular flexibility index (Phi) is 6.31. The van der Waals surface area contributed by atoms with Crippen LogP contribution in [0.5, 0.6) is 0 Å². The lowest BCUT2D eigenvalue weighted by molar-refractivity contribution is -0.126. The Bertz CT molecular complexity index is 784. The molecule has 0 aromatic carbocycles. The summed E-state index contributed by atoms with van der Waals surface area (Å²) in [6.07, 6.45) is 1.71. The lowest BCUT2D eigenvalue weighted by atomic mass is 9.96. The normalized spacial score (nSPS) is 18.3. The molecule has 1 fully saturated rings. The lowest BCUT2D eigenvalue weighted by Crippen LogP contribution is -2.46. The minimum Gasteiger partial charge on any atom is -0.355 e. The van der Waals surface area contributed by atoms with Gasteiger partial charge >= 0.3 is 0 Å². The maximum Gasteiger partial charge on any atom is 0.263 e. The van der Waals surface area contributed by atoms with Crippen LogP contribution in [0.4, 0.5) is 0 Å². The number of likely N-dealkylation sites (tertiary alicyclic amines) is 1. The molecule has 1 aliphatic rings. The number of hydrogen-bond donors (Lipinski definition) is 1. The first-order chi connectivity index (χ1) is 12.9. The average molecular weight is 389 g/mol. The van der Waals surface area contributed by atoms with Crippen LogP contribution in [0.2, 0.25) is 0 Å². The van der Waals surface area contributed by atoms with Crippen LogP contribution < -0.4 is 5.32 Å². The number of piperidine rings is 1. The molecule has 3 rings (SSSR count). The molecule has 0 spiro atoms. The standard InChI is InChI=1S/C20H28N4O2S/c1-14(12-24-16(3)10-15(2)22-24)11-21-19(25)17-6-4-8-23(13-17)20(26)18-7-5-9-27-18/h5,7,9-10,14,17H,4,6,8,11-13H2,1-3H3,(H,21,25)/t14-,17-/m1/s1. The number of nitrogens with one attached hydrogen (secondary N) is 1. The van der Waals surface area contributed by atoms with Gasteiger partial charge in [0.05, 0.1) is 16.5 Å². The highest BCUT2D eigenvalue weighted by molar-refractivity contribution is 7.12. The highest BCUT2D eigenvalue weighted by Crippen LogP contribution is 2.20. The summed E-state index contributed by atoms with van der Waals surface area (Å²) < 4.78 is 1.99. The van der Waals surface area contributed by atoms with Gasteiger partial charge in [-0.1, -0.05) is 13.0 Å². The molecule has 0 bridgehead atoms. The van der Waals surface area contributed by atoms with Crippen LogP contribution in [0, 0.1) is 25.7 Å². The number of carbonyl (C=O) groups is 2. The van der Waals surface area contributed by atoms with E-state index in [1.54, 1.807) is 0 Å². The van der Waals surface area contributed by atoms with Gasteiger partial charge in [-0.15, -0.1) is 11.3 Å². The summed E-state index contributed by atoms with van der Waals surface area (Å²) >= 11 is 1.45. The predicted octanol–water partition coefficient (Wildman–Crippen LogP) is 2.87. The summed E-state index contributed by atoms with van der Waals surface area (Å²) in [7, 11) is 0.